The molecule has 0 unspecified atom stereocenters. The monoisotopic (exact) mass is 383 g/mol. The van der Waals surface area contributed by atoms with Gasteiger partial charge in [-0.1, -0.05) is 31.0 Å². The normalized spacial score (nSPS) is 10.5. The van der Waals surface area contributed by atoms with Gasteiger partial charge in [-0.15, -0.1) is 0 Å². The zero-order valence-corrected chi connectivity index (χ0v) is 15.3. The molecule has 0 aliphatic carbocycles. The number of methoxy groups -OCH3 is 1. The number of unbranched alkanes of at least 4 members (excludes halogenated alkanes) is 1. The summed E-state index contributed by atoms with van der Waals surface area (Å²) in [4.78, 5) is 12.2. The predicted molar refractivity (Wildman–Crippen MR) is 95.9 cm³/mol. The van der Waals surface area contributed by atoms with E-state index < -0.39 is 17.5 Å². The number of amides is 1. The average molecular weight is 384 g/mol. The Balaban J connectivity index is 2.05. The second kappa shape index (κ2) is 9.38. The van der Waals surface area contributed by atoms with Crippen molar-refractivity contribution in [1.82, 2.24) is 5.32 Å². The molecule has 2 aromatic carbocycles. The first-order valence-electron chi connectivity index (χ1n) is 8.18. The van der Waals surface area contributed by atoms with Gasteiger partial charge in [-0.2, -0.15) is 0 Å². The Bertz CT molecular complexity index is 784. The van der Waals surface area contributed by atoms with Gasteiger partial charge >= 0.3 is 0 Å². The van der Waals surface area contributed by atoms with Crippen LogP contribution in [-0.4, -0.2) is 19.6 Å². The molecule has 2 aromatic rings. The quantitative estimate of drug-likeness (QED) is 0.529. The molecule has 0 aliphatic rings. The Morgan fingerprint density at radius 1 is 1.15 bits per heavy atom. The van der Waals surface area contributed by atoms with Crippen molar-refractivity contribution in [1.29, 1.82) is 0 Å². The van der Waals surface area contributed by atoms with Crippen LogP contribution >= 0.6 is 11.6 Å². The number of benzene rings is 2. The second-order valence-electron chi connectivity index (χ2n) is 5.62. The summed E-state index contributed by atoms with van der Waals surface area (Å²) in [6, 6.07) is 6.85. The van der Waals surface area contributed by atoms with Gasteiger partial charge in [-0.3, -0.25) is 4.79 Å². The largest absolute Gasteiger partial charge is 0.493 e. The van der Waals surface area contributed by atoms with Crippen LogP contribution in [0.5, 0.6) is 11.5 Å². The fourth-order valence-electron chi connectivity index (χ4n) is 2.24. The molecule has 0 saturated heterocycles. The Morgan fingerprint density at radius 3 is 2.58 bits per heavy atom. The molecular formula is C19H20ClF2NO3. The van der Waals surface area contributed by atoms with Crippen molar-refractivity contribution in [2.75, 3.05) is 13.7 Å². The van der Waals surface area contributed by atoms with Gasteiger partial charge in [0.2, 0.25) is 0 Å². The Labute approximate surface area is 156 Å². The van der Waals surface area contributed by atoms with Crippen LogP contribution in [0.1, 0.15) is 35.7 Å². The number of ether oxygens (including phenoxy) is 2. The summed E-state index contributed by atoms with van der Waals surface area (Å²) >= 11 is 5.80. The smallest absolute Gasteiger partial charge is 0.253 e. The summed E-state index contributed by atoms with van der Waals surface area (Å²) in [7, 11) is 1.53. The Morgan fingerprint density at radius 2 is 1.88 bits per heavy atom. The maximum atomic E-state index is 13.3. The van der Waals surface area contributed by atoms with Gasteiger partial charge in [-0.25, -0.2) is 8.78 Å². The first-order valence-corrected chi connectivity index (χ1v) is 8.56. The van der Waals surface area contributed by atoms with Crippen LogP contribution in [0.15, 0.2) is 30.3 Å². The maximum Gasteiger partial charge on any atom is 0.253 e. The molecule has 140 valence electrons. The highest BCUT2D eigenvalue weighted by molar-refractivity contribution is 6.33. The molecule has 0 saturated carbocycles. The van der Waals surface area contributed by atoms with Crippen LogP contribution in [0.25, 0.3) is 0 Å². The highest BCUT2D eigenvalue weighted by Gasteiger charge is 2.15. The summed E-state index contributed by atoms with van der Waals surface area (Å²) in [6.07, 6.45) is 1.97. The van der Waals surface area contributed by atoms with Crippen LogP contribution in [0.3, 0.4) is 0 Å². The van der Waals surface area contributed by atoms with E-state index in [9.17, 15) is 13.6 Å². The molecule has 2 rings (SSSR count). The first-order chi connectivity index (χ1) is 12.5. The maximum absolute atomic E-state index is 13.3. The molecule has 1 amide bonds. The number of carbonyl (C=O) groups is 1. The van der Waals surface area contributed by atoms with Crippen LogP contribution in [0.2, 0.25) is 5.02 Å². The lowest BCUT2D eigenvalue weighted by atomic mass is 10.1. The molecule has 0 bridgehead atoms. The number of hydrogen-bond donors (Lipinski definition) is 1. The minimum absolute atomic E-state index is 0.128. The van der Waals surface area contributed by atoms with E-state index in [0.29, 0.717) is 18.1 Å². The van der Waals surface area contributed by atoms with E-state index in [1.54, 1.807) is 18.2 Å². The van der Waals surface area contributed by atoms with Gasteiger partial charge in [0.1, 0.15) is 0 Å². The van der Waals surface area contributed by atoms with Crippen molar-refractivity contribution in [3.8, 4) is 11.5 Å². The third kappa shape index (κ3) is 5.08. The number of nitrogens with one attached hydrogen (secondary N) is 1. The molecule has 0 aromatic heterocycles. The zero-order chi connectivity index (χ0) is 19.1. The van der Waals surface area contributed by atoms with E-state index in [1.165, 1.54) is 7.11 Å². The minimum Gasteiger partial charge on any atom is -0.493 e. The van der Waals surface area contributed by atoms with Crippen molar-refractivity contribution < 1.29 is 23.0 Å². The molecule has 0 aliphatic heterocycles. The zero-order valence-electron chi connectivity index (χ0n) is 14.6. The number of halogens is 3. The fraction of sp³-hybridized carbons (Fsp3) is 0.316. The van der Waals surface area contributed by atoms with Gasteiger partial charge in [0, 0.05) is 6.54 Å². The van der Waals surface area contributed by atoms with E-state index in [4.69, 9.17) is 21.1 Å². The number of rotatable bonds is 8. The highest BCUT2D eigenvalue weighted by atomic mass is 35.5. The van der Waals surface area contributed by atoms with Gasteiger partial charge < -0.3 is 14.8 Å². The van der Waals surface area contributed by atoms with Crippen LogP contribution in [0.4, 0.5) is 8.78 Å². The molecular weight excluding hydrogens is 364 g/mol. The molecule has 0 atom stereocenters. The van der Waals surface area contributed by atoms with Crippen LogP contribution < -0.4 is 14.8 Å². The second-order valence-corrected chi connectivity index (χ2v) is 6.02. The van der Waals surface area contributed by atoms with E-state index in [0.717, 1.165) is 30.5 Å². The van der Waals surface area contributed by atoms with Crippen molar-refractivity contribution >= 4 is 17.5 Å². The van der Waals surface area contributed by atoms with Gasteiger partial charge in [0.05, 0.1) is 24.3 Å². The van der Waals surface area contributed by atoms with Crippen molar-refractivity contribution in [2.24, 2.45) is 0 Å². The van der Waals surface area contributed by atoms with Gasteiger partial charge in [0.15, 0.2) is 23.1 Å². The van der Waals surface area contributed by atoms with Gasteiger partial charge in [0.25, 0.3) is 5.91 Å². The van der Waals surface area contributed by atoms with E-state index in [-0.39, 0.29) is 17.1 Å². The lowest BCUT2D eigenvalue weighted by Crippen LogP contribution is -2.23. The highest BCUT2D eigenvalue weighted by Crippen LogP contribution is 2.28. The summed E-state index contributed by atoms with van der Waals surface area (Å²) in [5.41, 5.74) is 0.633. The summed E-state index contributed by atoms with van der Waals surface area (Å²) in [5.74, 6) is -1.65. The van der Waals surface area contributed by atoms with Crippen LogP contribution in [0, 0.1) is 11.6 Å². The van der Waals surface area contributed by atoms with Crippen LogP contribution in [-0.2, 0) is 6.54 Å². The molecule has 1 N–H and O–H groups in total. The lowest BCUT2D eigenvalue weighted by Gasteiger charge is -2.13. The summed E-state index contributed by atoms with van der Waals surface area (Å²) < 4.78 is 37.4. The number of hydrogen-bond acceptors (Lipinski definition) is 3. The first kappa shape index (κ1) is 20.0. The van der Waals surface area contributed by atoms with Gasteiger partial charge in [-0.05, 0) is 36.2 Å². The van der Waals surface area contributed by atoms with E-state index in [2.05, 4.69) is 12.2 Å². The lowest BCUT2D eigenvalue weighted by molar-refractivity contribution is 0.0950. The Hall–Kier alpha value is -2.34. The van der Waals surface area contributed by atoms with Crippen molar-refractivity contribution in [3.63, 3.8) is 0 Å². The topological polar surface area (TPSA) is 47.6 Å². The SMILES string of the molecule is CCCCOc1ccc(CNC(=O)c2cc(F)c(F)cc2Cl)cc1OC. The molecule has 26 heavy (non-hydrogen) atoms. The average Bonchev–Trinajstić information content (AvgIpc) is 2.63. The third-order valence-electron chi connectivity index (χ3n) is 3.69. The fourth-order valence-corrected chi connectivity index (χ4v) is 2.48. The molecule has 0 heterocycles. The standard InChI is InChI=1S/C19H20ClF2NO3/c1-3-4-7-26-17-6-5-12(8-18(17)25-2)11-23-19(24)13-9-15(21)16(22)10-14(13)20/h5-6,8-10H,3-4,7,11H2,1-2H3,(H,23,24). The summed E-state index contributed by atoms with van der Waals surface area (Å²) in [6.45, 7) is 2.84. The molecule has 0 radical (unpaired) electrons. The number of carbonyl (C=O) groups excluding carboxylic acids is 1. The van der Waals surface area contributed by atoms with E-state index >= 15 is 0 Å². The molecule has 4 nitrogen and oxygen atoms in total. The van der Waals surface area contributed by atoms with Crippen molar-refractivity contribution in [3.05, 3.63) is 58.1 Å². The Kier molecular flexibility index (Phi) is 7.21. The summed E-state index contributed by atoms with van der Waals surface area (Å²) in [5, 5.41) is 2.46. The third-order valence-corrected chi connectivity index (χ3v) is 4.00. The minimum atomic E-state index is -1.13. The molecule has 7 heteroatoms. The van der Waals surface area contributed by atoms with Crippen molar-refractivity contribution in [2.45, 2.75) is 26.3 Å². The molecule has 0 spiro atoms. The predicted octanol–water partition coefficient (Wildman–Crippen LogP) is 4.74. The molecule has 0 fully saturated rings. The van der Waals surface area contributed by atoms with E-state index in [1.807, 2.05) is 0 Å².